The fourth-order valence-corrected chi connectivity index (χ4v) is 3.38. The van der Waals surface area contributed by atoms with Gasteiger partial charge in [0.15, 0.2) is 0 Å². The number of hydrogen-bond donors (Lipinski definition) is 0. The Morgan fingerprint density at radius 2 is 2.32 bits per heavy atom. The van der Waals surface area contributed by atoms with Crippen molar-refractivity contribution in [1.29, 1.82) is 0 Å². The first-order valence-corrected chi connectivity index (χ1v) is 7.12. The summed E-state index contributed by atoms with van der Waals surface area (Å²) in [6.07, 6.45) is 8.23. The average molecular weight is 265 g/mol. The fraction of sp³-hybridized carbons (Fsp3) is 0.786. The lowest BCUT2D eigenvalue weighted by Crippen LogP contribution is -2.43. The van der Waals surface area contributed by atoms with Crippen LogP contribution in [-0.4, -0.2) is 53.2 Å². The molecule has 0 aliphatic carbocycles. The van der Waals surface area contributed by atoms with E-state index >= 15 is 0 Å². The first kappa shape index (κ1) is 13.1. The Morgan fingerprint density at radius 1 is 1.42 bits per heavy atom. The van der Waals surface area contributed by atoms with E-state index in [0.29, 0.717) is 18.2 Å². The van der Waals surface area contributed by atoms with Crippen LogP contribution < -0.4 is 0 Å². The molecule has 1 aromatic rings. The molecule has 106 valence electrons. The first-order valence-electron chi connectivity index (χ1n) is 7.12. The number of nitrogens with zero attached hydrogens (tertiary/aromatic N) is 3. The number of rotatable bonds is 4. The minimum Gasteiger partial charge on any atom is -0.382 e. The molecular formula is C14H23N3O2. The van der Waals surface area contributed by atoms with Gasteiger partial charge < -0.3 is 9.47 Å². The minimum absolute atomic E-state index is 0.296. The Balaban J connectivity index is 1.58. The van der Waals surface area contributed by atoms with Gasteiger partial charge in [0, 0.05) is 45.0 Å². The molecule has 0 saturated carbocycles. The quantitative estimate of drug-likeness (QED) is 0.820. The third-order valence-electron chi connectivity index (χ3n) is 4.25. The second kappa shape index (κ2) is 5.61. The third-order valence-corrected chi connectivity index (χ3v) is 4.25. The summed E-state index contributed by atoms with van der Waals surface area (Å²) in [5, 5.41) is 4.24. The molecule has 5 heteroatoms. The lowest BCUT2D eigenvalue weighted by molar-refractivity contribution is -0.0938. The van der Waals surface area contributed by atoms with Gasteiger partial charge in [0.1, 0.15) is 0 Å². The van der Waals surface area contributed by atoms with Crippen molar-refractivity contribution in [1.82, 2.24) is 14.7 Å². The molecule has 0 bridgehead atoms. The highest BCUT2D eigenvalue weighted by molar-refractivity contribution is 5.05. The molecule has 5 nitrogen and oxygen atoms in total. The topological polar surface area (TPSA) is 39.5 Å². The lowest BCUT2D eigenvalue weighted by atomic mass is 9.99. The maximum Gasteiger partial charge on any atom is 0.0813 e. The second-order valence-electron chi connectivity index (χ2n) is 5.68. The summed E-state index contributed by atoms with van der Waals surface area (Å²) in [6, 6.07) is 0.577. The molecule has 19 heavy (non-hydrogen) atoms. The number of ether oxygens (including phenoxy) is 2. The Morgan fingerprint density at radius 3 is 3.05 bits per heavy atom. The number of methoxy groups -OCH3 is 1. The molecule has 2 saturated heterocycles. The molecule has 3 atom stereocenters. The molecule has 0 spiro atoms. The Labute approximate surface area is 114 Å². The third kappa shape index (κ3) is 2.83. The summed E-state index contributed by atoms with van der Waals surface area (Å²) in [4.78, 5) is 2.55. The van der Waals surface area contributed by atoms with Crippen LogP contribution >= 0.6 is 0 Å². The van der Waals surface area contributed by atoms with E-state index in [9.17, 15) is 0 Å². The van der Waals surface area contributed by atoms with Crippen LogP contribution in [0.15, 0.2) is 12.4 Å². The van der Waals surface area contributed by atoms with E-state index in [4.69, 9.17) is 9.47 Å². The van der Waals surface area contributed by atoms with E-state index in [1.807, 2.05) is 17.9 Å². The molecule has 0 N–H and O–H groups in total. The number of aryl methyl sites for hydroxylation is 1. The van der Waals surface area contributed by atoms with Crippen molar-refractivity contribution >= 4 is 0 Å². The molecule has 0 unspecified atom stereocenters. The van der Waals surface area contributed by atoms with E-state index in [-0.39, 0.29) is 0 Å². The van der Waals surface area contributed by atoms with E-state index in [1.165, 1.54) is 12.0 Å². The maximum absolute atomic E-state index is 6.14. The van der Waals surface area contributed by atoms with Crippen molar-refractivity contribution in [3.8, 4) is 0 Å². The highest BCUT2D eigenvalue weighted by Crippen LogP contribution is 2.32. The smallest absolute Gasteiger partial charge is 0.0813 e. The van der Waals surface area contributed by atoms with Crippen LogP contribution in [0, 0.1) is 0 Å². The van der Waals surface area contributed by atoms with Gasteiger partial charge >= 0.3 is 0 Å². The van der Waals surface area contributed by atoms with Gasteiger partial charge in [-0.05, 0) is 19.3 Å². The zero-order valence-electron chi connectivity index (χ0n) is 11.8. The predicted molar refractivity (Wildman–Crippen MR) is 71.8 cm³/mol. The van der Waals surface area contributed by atoms with Crippen molar-refractivity contribution in [2.24, 2.45) is 7.05 Å². The van der Waals surface area contributed by atoms with E-state index in [0.717, 1.165) is 32.5 Å². The molecule has 3 rings (SSSR count). The molecule has 2 aliphatic heterocycles. The number of hydrogen-bond acceptors (Lipinski definition) is 4. The molecule has 2 fully saturated rings. The Bertz CT molecular complexity index is 421. The number of aromatic nitrogens is 2. The average Bonchev–Trinajstić information content (AvgIpc) is 2.97. The van der Waals surface area contributed by atoms with Crippen LogP contribution in [0.25, 0.3) is 0 Å². The largest absolute Gasteiger partial charge is 0.382 e. The number of likely N-dealkylation sites (tertiary alicyclic amines) is 1. The minimum atomic E-state index is 0.296. The summed E-state index contributed by atoms with van der Waals surface area (Å²) < 4.78 is 13.2. The van der Waals surface area contributed by atoms with Gasteiger partial charge in [0.2, 0.25) is 0 Å². The van der Waals surface area contributed by atoms with Crippen molar-refractivity contribution < 1.29 is 9.47 Å². The molecule has 1 aromatic heterocycles. The van der Waals surface area contributed by atoms with Crippen molar-refractivity contribution in [3.63, 3.8) is 0 Å². The molecule has 2 aliphatic rings. The van der Waals surface area contributed by atoms with Crippen molar-refractivity contribution in [2.75, 3.05) is 20.3 Å². The fourth-order valence-electron chi connectivity index (χ4n) is 3.38. The van der Waals surface area contributed by atoms with Gasteiger partial charge in [-0.25, -0.2) is 0 Å². The van der Waals surface area contributed by atoms with Crippen LogP contribution in [0.3, 0.4) is 0 Å². The SMILES string of the molecule is COC[C@H]1CC[C@@H]2[C@@H](CCN2Cc2cnn(C)c2)O1. The van der Waals surface area contributed by atoms with Gasteiger partial charge in [-0.1, -0.05) is 0 Å². The van der Waals surface area contributed by atoms with Gasteiger partial charge in [-0.3, -0.25) is 9.58 Å². The summed E-state index contributed by atoms with van der Waals surface area (Å²) >= 11 is 0. The van der Waals surface area contributed by atoms with Crippen LogP contribution in [-0.2, 0) is 23.1 Å². The first-order chi connectivity index (χ1) is 9.26. The molecule has 3 heterocycles. The van der Waals surface area contributed by atoms with Gasteiger partial charge in [0.05, 0.1) is 25.0 Å². The monoisotopic (exact) mass is 265 g/mol. The highest BCUT2D eigenvalue weighted by Gasteiger charge is 2.39. The molecular weight excluding hydrogens is 242 g/mol. The lowest BCUT2D eigenvalue weighted by Gasteiger charge is -2.35. The van der Waals surface area contributed by atoms with Crippen LogP contribution in [0.1, 0.15) is 24.8 Å². The zero-order valence-corrected chi connectivity index (χ0v) is 11.8. The van der Waals surface area contributed by atoms with Crippen molar-refractivity contribution in [2.45, 2.75) is 44.1 Å². The van der Waals surface area contributed by atoms with Gasteiger partial charge in [-0.15, -0.1) is 0 Å². The normalized spacial score (nSPS) is 31.6. The second-order valence-corrected chi connectivity index (χ2v) is 5.68. The zero-order chi connectivity index (χ0) is 13.2. The van der Waals surface area contributed by atoms with Crippen molar-refractivity contribution in [3.05, 3.63) is 18.0 Å². The maximum atomic E-state index is 6.14. The van der Waals surface area contributed by atoms with Crippen LogP contribution in [0.2, 0.25) is 0 Å². The van der Waals surface area contributed by atoms with E-state index in [2.05, 4.69) is 16.2 Å². The van der Waals surface area contributed by atoms with Gasteiger partial charge in [-0.2, -0.15) is 5.10 Å². The van der Waals surface area contributed by atoms with E-state index in [1.54, 1.807) is 7.11 Å². The molecule has 0 amide bonds. The Hall–Kier alpha value is -0.910. The highest BCUT2D eigenvalue weighted by atomic mass is 16.5. The summed E-state index contributed by atoms with van der Waals surface area (Å²) in [5.41, 5.74) is 1.29. The van der Waals surface area contributed by atoms with Crippen LogP contribution in [0.5, 0.6) is 0 Å². The standard InChI is InChI=1S/C14H23N3O2/c1-16-8-11(7-15-16)9-17-6-5-14-13(17)4-3-12(19-14)10-18-2/h7-8,12-14H,3-6,9-10H2,1-2H3/t12-,13-,14-/m1/s1. The van der Waals surface area contributed by atoms with Gasteiger partial charge in [0.25, 0.3) is 0 Å². The summed E-state index contributed by atoms with van der Waals surface area (Å²) in [5.74, 6) is 0. The Kier molecular flexibility index (Phi) is 3.86. The number of fused-ring (bicyclic) bond motifs is 1. The summed E-state index contributed by atoms with van der Waals surface area (Å²) in [7, 11) is 3.72. The van der Waals surface area contributed by atoms with Crippen LogP contribution in [0.4, 0.5) is 0 Å². The van der Waals surface area contributed by atoms with E-state index < -0.39 is 0 Å². The molecule has 0 radical (unpaired) electrons. The predicted octanol–water partition coefficient (Wildman–Crippen LogP) is 1.19. The molecule has 0 aromatic carbocycles. The summed E-state index contributed by atoms with van der Waals surface area (Å²) in [6.45, 7) is 2.85.